The van der Waals surface area contributed by atoms with Gasteiger partial charge in [-0.1, -0.05) is 49.7 Å². The van der Waals surface area contributed by atoms with E-state index in [2.05, 4.69) is 5.32 Å². The lowest BCUT2D eigenvalue weighted by atomic mass is 9.88. The second-order valence-corrected chi connectivity index (χ2v) is 14.0. The van der Waals surface area contributed by atoms with Gasteiger partial charge in [-0.3, -0.25) is 4.79 Å². The Hall–Kier alpha value is -2.99. The molecule has 2 saturated heterocycles. The molecule has 2 heterocycles. The van der Waals surface area contributed by atoms with Crippen molar-refractivity contribution in [2.75, 3.05) is 39.4 Å². The Bertz CT molecular complexity index is 1290. The summed E-state index contributed by atoms with van der Waals surface area (Å²) in [5.41, 5.74) is 1.59. The summed E-state index contributed by atoms with van der Waals surface area (Å²) in [6.45, 7) is 7.73. The van der Waals surface area contributed by atoms with Crippen molar-refractivity contribution in [2.24, 2.45) is 11.8 Å². The fraction of sp³-hybridized carbons (Fsp3) is 0.562. The van der Waals surface area contributed by atoms with Gasteiger partial charge in [-0.25, -0.2) is 13.2 Å². The number of carbonyl (C=O) groups excluding carboxylic acids is 2. The van der Waals surface area contributed by atoms with Gasteiger partial charge in [-0.2, -0.15) is 4.31 Å². The topological polar surface area (TPSA) is 125 Å². The van der Waals surface area contributed by atoms with Gasteiger partial charge in [0.2, 0.25) is 10.0 Å². The minimum Gasteiger partial charge on any atom is -0.444 e. The van der Waals surface area contributed by atoms with Crippen LogP contribution in [0.2, 0.25) is 0 Å². The summed E-state index contributed by atoms with van der Waals surface area (Å²) < 4.78 is 39.4. The van der Waals surface area contributed by atoms with Crippen LogP contribution in [0.4, 0.5) is 4.79 Å². The number of sulfonamides is 1. The summed E-state index contributed by atoms with van der Waals surface area (Å²) in [5.74, 6) is 0.112. The molecular weight excluding hydrogens is 570 g/mol. The van der Waals surface area contributed by atoms with E-state index in [1.165, 1.54) is 4.31 Å². The highest BCUT2D eigenvalue weighted by Crippen LogP contribution is 2.26. The molecule has 236 valence electrons. The second-order valence-electron chi connectivity index (χ2n) is 12.1. The van der Waals surface area contributed by atoms with E-state index >= 15 is 0 Å². The highest BCUT2D eigenvalue weighted by Gasteiger charge is 2.34. The van der Waals surface area contributed by atoms with Crippen molar-refractivity contribution in [3.63, 3.8) is 0 Å². The Morgan fingerprint density at radius 2 is 1.72 bits per heavy atom. The lowest BCUT2D eigenvalue weighted by Gasteiger charge is -2.36. The Morgan fingerprint density at radius 1 is 1.05 bits per heavy atom. The SMILES string of the molecule is Cc1ccc(S(=O)(=O)N(CC(C)C)C[C@@H](O)[C@H](CC2CCN(C(=O)c3ccccc3)CC2)NC(=O)O[C@H]2CCOC2)cc1. The third-order valence-corrected chi connectivity index (χ3v) is 9.90. The quantitative estimate of drug-likeness (QED) is 0.372. The molecular formula is C32H45N3O7S. The highest BCUT2D eigenvalue weighted by molar-refractivity contribution is 7.89. The summed E-state index contributed by atoms with van der Waals surface area (Å²) in [5, 5.41) is 14.3. The van der Waals surface area contributed by atoms with Crippen LogP contribution in [0.25, 0.3) is 0 Å². The minimum atomic E-state index is -3.90. The maximum absolute atomic E-state index is 13.6. The van der Waals surface area contributed by atoms with Crippen molar-refractivity contribution in [1.29, 1.82) is 0 Å². The number of aliphatic hydroxyl groups is 1. The first-order chi connectivity index (χ1) is 20.5. The summed E-state index contributed by atoms with van der Waals surface area (Å²) in [4.78, 5) is 27.8. The number of rotatable bonds is 12. The van der Waals surface area contributed by atoms with Crippen LogP contribution in [0.15, 0.2) is 59.5 Å². The summed E-state index contributed by atoms with van der Waals surface area (Å²) >= 11 is 0. The van der Waals surface area contributed by atoms with Crippen molar-refractivity contribution < 1.29 is 32.6 Å². The zero-order valence-electron chi connectivity index (χ0n) is 25.4. The predicted octanol–water partition coefficient (Wildman–Crippen LogP) is 3.83. The molecule has 3 atom stereocenters. The lowest BCUT2D eigenvalue weighted by molar-refractivity contribution is 0.0531. The maximum atomic E-state index is 13.6. The number of benzene rings is 2. The van der Waals surface area contributed by atoms with Crippen molar-refractivity contribution in [3.05, 3.63) is 65.7 Å². The molecule has 11 heteroatoms. The van der Waals surface area contributed by atoms with Crippen molar-refractivity contribution in [2.45, 2.75) is 69.6 Å². The van der Waals surface area contributed by atoms with Gasteiger partial charge in [-0.15, -0.1) is 0 Å². The number of hydrogen-bond donors (Lipinski definition) is 2. The zero-order chi connectivity index (χ0) is 31.0. The number of aliphatic hydroxyl groups excluding tert-OH is 1. The number of piperidine rings is 1. The fourth-order valence-corrected chi connectivity index (χ4v) is 7.24. The third-order valence-electron chi connectivity index (χ3n) is 8.06. The van der Waals surface area contributed by atoms with Gasteiger partial charge in [0, 0.05) is 38.2 Å². The molecule has 0 unspecified atom stereocenters. The number of ether oxygens (including phenoxy) is 2. The van der Waals surface area contributed by atoms with Gasteiger partial charge in [0.15, 0.2) is 0 Å². The molecule has 10 nitrogen and oxygen atoms in total. The third kappa shape index (κ3) is 9.25. The van der Waals surface area contributed by atoms with Crippen LogP contribution < -0.4 is 5.32 Å². The average Bonchev–Trinajstić information content (AvgIpc) is 3.50. The van der Waals surface area contributed by atoms with Crippen LogP contribution in [0, 0.1) is 18.8 Å². The molecule has 2 aromatic carbocycles. The van der Waals surface area contributed by atoms with E-state index in [9.17, 15) is 23.1 Å². The number of amides is 2. The fourth-order valence-electron chi connectivity index (χ4n) is 5.62. The molecule has 0 aliphatic carbocycles. The molecule has 2 aliphatic rings. The largest absolute Gasteiger partial charge is 0.444 e. The number of nitrogens with one attached hydrogen (secondary N) is 1. The smallest absolute Gasteiger partial charge is 0.407 e. The molecule has 2 aromatic rings. The van der Waals surface area contributed by atoms with Crippen molar-refractivity contribution in [1.82, 2.24) is 14.5 Å². The number of hydrogen-bond acceptors (Lipinski definition) is 7. The lowest BCUT2D eigenvalue weighted by Crippen LogP contribution is -2.52. The first-order valence-corrected chi connectivity index (χ1v) is 16.6. The first-order valence-electron chi connectivity index (χ1n) is 15.2. The Morgan fingerprint density at radius 3 is 2.33 bits per heavy atom. The zero-order valence-corrected chi connectivity index (χ0v) is 26.2. The summed E-state index contributed by atoms with van der Waals surface area (Å²) in [7, 11) is -3.90. The van der Waals surface area contributed by atoms with Crippen LogP contribution >= 0.6 is 0 Å². The van der Waals surface area contributed by atoms with Gasteiger partial charge < -0.3 is 24.8 Å². The van der Waals surface area contributed by atoms with E-state index in [1.807, 2.05) is 43.9 Å². The monoisotopic (exact) mass is 615 g/mol. The van der Waals surface area contributed by atoms with E-state index in [0.29, 0.717) is 57.6 Å². The van der Waals surface area contributed by atoms with Gasteiger partial charge in [0.25, 0.3) is 5.91 Å². The number of nitrogens with zero attached hydrogens (tertiary/aromatic N) is 2. The highest BCUT2D eigenvalue weighted by atomic mass is 32.2. The molecule has 0 radical (unpaired) electrons. The van der Waals surface area contributed by atoms with Gasteiger partial charge in [0.1, 0.15) is 6.10 Å². The summed E-state index contributed by atoms with van der Waals surface area (Å²) in [6, 6.07) is 15.1. The number of alkyl carbamates (subject to hydrolysis) is 1. The molecule has 43 heavy (non-hydrogen) atoms. The maximum Gasteiger partial charge on any atom is 0.407 e. The Labute approximate surface area is 255 Å². The number of likely N-dealkylation sites (tertiary alicyclic amines) is 1. The Kier molecular flexibility index (Phi) is 11.6. The van der Waals surface area contributed by atoms with E-state index in [1.54, 1.807) is 36.4 Å². The van der Waals surface area contributed by atoms with E-state index in [4.69, 9.17) is 9.47 Å². The number of aryl methyl sites for hydroxylation is 1. The van der Waals surface area contributed by atoms with Crippen LogP contribution in [-0.2, 0) is 19.5 Å². The van der Waals surface area contributed by atoms with E-state index in [-0.39, 0.29) is 41.8 Å². The molecule has 2 N–H and O–H groups in total. The van der Waals surface area contributed by atoms with Crippen molar-refractivity contribution in [3.8, 4) is 0 Å². The first kappa shape index (κ1) is 32.9. The molecule has 4 rings (SSSR count). The minimum absolute atomic E-state index is 0.0117. The molecule has 0 bridgehead atoms. The number of carbonyl (C=O) groups is 2. The predicted molar refractivity (Wildman–Crippen MR) is 163 cm³/mol. The van der Waals surface area contributed by atoms with Crippen LogP contribution in [0.3, 0.4) is 0 Å². The molecule has 2 amide bonds. The van der Waals surface area contributed by atoms with E-state index < -0.39 is 28.3 Å². The van der Waals surface area contributed by atoms with Crippen molar-refractivity contribution >= 4 is 22.0 Å². The average molecular weight is 616 g/mol. The molecule has 0 aromatic heterocycles. The van der Waals surface area contributed by atoms with Crippen LogP contribution in [0.1, 0.15) is 55.5 Å². The molecule has 0 spiro atoms. The van der Waals surface area contributed by atoms with Crippen LogP contribution in [-0.4, -0.2) is 92.4 Å². The standard InChI is InChI=1S/C32H45N3O7S/c1-23(2)20-35(43(39,40)28-11-9-24(3)10-12-28)21-30(36)29(33-32(38)42-27-15-18-41-22-27)19-25-13-16-34(17-14-25)31(37)26-7-5-4-6-8-26/h4-12,23,25,27,29-30,36H,13-22H2,1-3H3,(H,33,38)/t27-,29-,30+/m0/s1. The van der Waals surface area contributed by atoms with Gasteiger partial charge in [0.05, 0.1) is 30.3 Å². The molecule has 2 aliphatic heterocycles. The van der Waals surface area contributed by atoms with Gasteiger partial charge in [-0.05, 0) is 62.3 Å². The Balaban J connectivity index is 1.46. The molecule has 2 fully saturated rings. The van der Waals surface area contributed by atoms with Gasteiger partial charge >= 0.3 is 6.09 Å². The van der Waals surface area contributed by atoms with E-state index in [0.717, 1.165) is 5.56 Å². The molecule has 0 saturated carbocycles. The second kappa shape index (κ2) is 15.1. The normalized spacial score (nSPS) is 19.4. The summed E-state index contributed by atoms with van der Waals surface area (Å²) in [6.07, 6.45) is 0.225. The van der Waals surface area contributed by atoms with Crippen LogP contribution in [0.5, 0.6) is 0 Å².